The van der Waals surface area contributed by atoms with Crippen molar-refractivity contribution >= 4 is 5.91 Å². The van der Waals surface area contributed by atoms with Gasteiger partial charge in [-0.1, -0.05) is 6.07 Å². The summed E-state index contributed by atoms with van der Waals surface area (Å²) in [4.78, 5) is 14.9. The normalized spacial score (nSPS) is 15.5. The number of benzene rings is 1. The topological polar surface area (TPSA) is 43.1 Å². The molecule has 0 saturated carbocycles. The fourth-order valence-electron chi connectivity index (χ4n) is 4.45. The lowest BCUT2D eigenvalue weighted by Gasteiger charge is -2.34. The maximum absolute atomic E-state index is 13.1. The molecular formula is C23H25F3N4O. The molecule has 1 aliphatic heterocycles. The number of hydrogen-bond donors (Lipinski definition) is 0. The number of hydrogen-bond acceptors (Lipinski definition) is 2. The summed E-state index contributed by atoms with van der Waals surface area (Å²) in [6.45, 7) is 7.16. The van der Waals surface area contributed by atoms with Gasteiger partial charge in [0.15, 0.2) is 0 Å². The van der Waals surface area contributed by atoms with Crippen molar-refractivity contribution in [2.75, 3.05) is 13.1 Å². The number of nitrogens with zero attached hydrogens (tertiary/aromatic N) is 4. The van der Waals surface area contributed by atoms with Gasteiger partial charge < -0.3 is 9.47 Å². The molecule has 0 N–H and O–H groups in total. The highest BCUT2D eigenvalue weighted by Gasteiger charge is 2.31. The summed E-state index contributed by atoms with van der Waals surface area (Å²) in [5, 5.41) is 4.20. The first-order valence-electron chi connectivity index (χ1n) is 10.3. The van der Waals surface area contributed by atoms with Crippen LogP contribution < -0.4 is 0 Å². The summed E-state index contributed by atoms with van der Waals surface area (Å²) < 4.78 is 42.9. The van der Waals surface area contributed by atoms with Gasteiger partial charge in [-0.2, -0.15) is 18.3 Å². The number of aryl methyl sites for hydroxylation is 2. The fourth-order valence-corrected chi connectivity index (χ4v) is 4.45. The average Bonchev–Trinajstić information content (AvgIpc) is 3.29. The molecule has 31 heavy (non-hydrogen) atoms. The number of halogens is 3. The van der Waals surface area contributed by atoms with Crippen LogP contribution in [0.5, 0.6) is 0 Å². The lowest BCUT2D eigenvalue weighted by atomic mass is 10.0. The van der Waals surface area contributed by atoms with Crippen LogP contribution in [0.2, 0.25) is 0 Å². The van der Waals surface area contributed by atoms with Gasteiger partial charge in [-0.25, -0.2) is 4.68 Å². The van der Waals surface area contributed by atoms with E-state index in [0.717, 1.165) is 25.0 Å². The molecule has 8 heteroatoms. The van der Waals surface area contributed by atoms with Gasteiger partial charge in [0.25, 0.3) is 5.91 Å². The van der Waals surface area contributed by atoms with Gasteiger partial charge in [0.05, 0.1) is 28.7 Å². The molecule has 1 aliphatic rings. The van der Waals surface area contributed by atoms with E-state index in [1.54, 1.807) is 13.0 Å². The van der Waals surface area contributed by atoms with Gasteiger partial charge in [-0.15, -0.1) is 0 Å². The van der Waals surface area contributed by atoms with Gasteiger partial charge in [0.2, 0.25) is 0 Å². The van der Waals surface area contributed by atoms with Crippen molar-refractivity contribution in [3.8, 4) is 5.69 Å². The van der Waals surface area contributed by atoms with E-state index in [1.807, 2.05) is 4.90 Å². The molecule has 1 aromatic carbocycles. The quantitative estimate of drug-likeness (QED) is 0.581. The second-order valence-corrected chi connectivity index (χ2v) is 8.11. The van der Waals surface area contributed by atoms with Crippen molar-refractivity contribution in [1.82, 2.24) is 19.2 Å². The lowest BCUT2D eigenvalue weighted by molar-refractivity contribution is -0.137. The third kappa shape index (κ3) is 3.98. The molecule has 3 aromatic rings. The van der Waals surface area contributed by atoms with Crippen LogP contribution in [0, 0.1) is 20.8 Å². The van der Waals surface area contributed by atoms with Crippen LogP contribution in [0.1, 0.15) is 51.9 Å². The predicted octanol–water partition coefficient (Wildman–Crippen LogP) is 5.10. The smallest absolute Gasteiger partial charge is 0.346 e. The minimum atomic E-state index is -4.43. The summed E-state index contributed by atoms with van der Waals surface area (Å²) in [6, 6.07) is 9.55. The molecule has 0 spiro atoms. The molecule has 0 radical (unpaired) electrons. The Hall–Kier alpha value is -3.03. The zero-order valence-corrected chi connectivity index (χ0v) is 17.8. The molecule has 1 fully saturated rings. The first kappa shape index (κ1) is 21.2. The van der Waals surface area contributed by atoms with Crippen molar-refractivity contribution in [2.45, 2.75) is 45.8 Å². The molecule has 0 atom stereocenters. The standard InChI is InChI=1S/C23H25F3N4O/c1-15-7-8-16(2)29(15)19-9-11-28(12-10-19)22(31)21-14-27-30(17(21)3)20-6-4-5-18(13-20)23(24,25)26/h4-8,13-14,19H,9-12H2,1-3H3. The van der Waals surface area contributed by atoms with Crippen LogP contribution in [0.25, 0.3) is 5.69 Å². The Morgan fingerprint density at radius 3 is 2.29 bits per heavy atom. The fraction of sp³-hybridized carbons (Fsp3) is 0.391. The second-order valence-electron chi connectivity index (χ2n) is 8.11. The third-order valence-corrected chi connectivity index (χ3v) is 6.10. The van der Waals surface area contributed by atoms with E-state index in [4.69, 9.17) is 0 Å². The lowest BCUT2D eigenvalue weighted by Crippen LogP contribution is -2.39. The number of carbonyl (C=O) groups excluding carboxylic acids is 1. The van der Waals surface area contributed by atoms with Crippen LogP contribution in [0.15, 0.2) is 42.6 Å². The van der Waals surface area contributed by atoms with E-state index in [9.17, 15) is 18.0 Å². The summed E-state index contributed by atoms with van der Waals surface area (Å²) in [7, 11) is 0. The monoisotopic (exact) mass is 430 g/mol. The Morgan fingerprint density at radius 1 is 1.03 bits per heavy atom. The molecule has 5 nitrogen and oxygen atoms in total. The van der Waals surface area contributed by atoms with Crippen molar-refractivity contribution < 1.29 is 18.0 Å². The van der Waals surface area contributed by atoms with Crippen LogP contribution in [-0.4, -0.2) is 38.2 Å². The van der Waals surface area contributed by atoms with E-state index in [2.05, 4.69) is 35.6 Å². The second kappa shape index (κ2) is 7.90. The maximum Gasteiger partial charge on any atom is 0.416 e. The first-order chi connectivity index (χ1) is 14.7. The molecule has 1 saturated heterocycles. The Kier molecular flexibility index (Phi) is 5.41. The molecule has 4 rings (SSSR count). The number of alkyl halides is 3. The van der Waals surface area contributed by atoms with Gasteiger partial charge in [0, 0.05) is 30.5 Å². The molecule has 1 amide bonds. The van der Waals surface area contributed by atoms with E-state index >= 15 is 0 Å². The molecule has 2 aromatic heterocycles. The molecule has 3 heterocycles. The van der Waals surface area contributed by atoms with Gasteiger partial charge in [0.1, 0.15) is 0 Å². The molecule has 0 aliphatic carbocycles. The van der Waals surface area contributed by atoms with Crippen molar-refractivity contribution in [3.63, 3.8) is 0 Å². The van der Waals surface area contributed by atoms with Crippen molar-refractivity contribution in [3.05, 3.63) is 70.8 Å². The maximum atomic E-state index is 13.1. The molecular weight excluding hydrogens is 405 g/mol. The summed E-state index contributed by atoms with van der Waals surface area (Å²) in [5.74, 6) is -0.130. The van der Waals surface area contributed by atoms with Gasteiger partial charge in [-0.05, 0) is 63.9 Å². The number of likely N-dealkylation sites (tertiary alicyclic amines) is 1. The van der Waals surface area contributed by atoms with Crippen LogP contribution in [-0.2, 0) is 6.18 Å². The zero-order chi connectivity index (χ0) is 22.3. The number of rotatable bonds is 3. The number of carbonyl (C=O) groups is 1. The van der Waals surface area contributed by atoms with Gasteiger partial charge in [-0.3, -0.25) is 4.79 Å². The zero-order valence-electron chi connectivity index (χ0n) is 17.8. The van der Waals surface area contributed by atoms with E-state index in [1.165, 1.54) is 28.3 Å². The third-order valence-electron chi connectivity index (χ3n) is 6.10. The van der Waals surface area contributed by atoms with Crippen molar-refractivity contribution in [2.24, 2.45) is 0 Å². The predicted molar refractivity (Wildman–Crippen MR) is 111 cm³/mol. The Bertz CT molecular complexity index is 1080. The molecule has 0 unspecified atom stereocenters. The van der Waals surface area contributed by atoms with Crippen molar-refractivity contribution in [1.29, 1.82) is 0 Å². The molecule has 0 bridgehead atoms. The Morgan fingerprint density at radius 2 is 1.68 bits per heavy atom. The number of amides is 1. The van der Waals surface area contributed by atoms with E-state index in [-0.39, 0.29) is 11.6 Å². The summed E-state index contributed by atoms with van der Waals surface area (Å²) >= 11 is 0. The summed E-state index contributed by atoms with van der Waals surface area (Å²) in [5.41, 5.74) is 2.93. The first-order valence-corrected chi connectivity index (χ1v) is 10.3. The largest absolute Gasteiger partial charge is 0.416 e. The van der Waals surface area contributed by atoms with Gasteiger partial charge >= 0.3 is 6.18 Å². The minimum Gasteiger partial charge on any atom is -0.346 e. The Balaban J connectivity index is 1.51. The van der Waals surface area contributed by atoms with E-state index < -0.39 is 11.7 Å². The highest BCUT2D eigenvalue weighted by Crippen LogP contribution is 2.31. The number of aromatic nitrogens is 3. The SMILES string of the molecule is Cc1c(C(=O)N2CCC(n3c(C)ccc3C)CC2)cnn1-c1cccc(C(F)(F)F)c1. The highest BCUT2D eigenvalue weighted by atomic mass is 19.4. The minimum absolute atomic E-state index is 0.130. The summed E-state index contributed by atoms with van der Waals surface area (Å²) in [6.07, 6.45) is -1.26. The van der Waals surface area contributed by atoms with Crippen LogP contribution in [0.4, 0.5) is 13.2 Å². The highest BCUT2D eigenvalue weighted by molar-refractivity contribution is 5.95. The Labute approximate surface area is 179 Å². The number of piperidine rings is 1. The van der Waals surface area contributed by atoms with Crippen LogP contribution in [0.3, 0.4) is 0 Å². The van der Waals surface area contributed by atoms with Crippen LogP contribution >= 0.6 is 0 Å². The average molecular weight is 430 g/mol. The molecule has 164 valence electrons. The van der Waals surface area contributed by atoms with E-state index in [0.29, 0.717) is 30.4 Å².